The number of nitrogens with one attached hydrogen (secondary N) is 1. The number of benzene rings is 1. The second kappa shape index (κ2) is 4.23. The van der Waals surface area contributed by atoms with Gasteiger partial charge in [-0.05, 0) is 31.9 Å². The summed E-state index contributed by atoms with van der Waals surface area (Å²) in [5.74, 6) is 0. The van der Waals surface area contributed by atoms with Crippen molar-refractivity contribution in [3.63, 3.8) is 0 Å². The average Bonchev–Trinajstić information content (AvgIpc) is 2.24. The van der Waals surface area contributed by atoms with Gasteiger partial charge in [0.15, 0.2) is 0 Å². The molecule has 0 radical (unpaired) electrons. The van der Waals surface area contributed by atoms with E-state index in [-0.39, 0.29) is 11.6 Å². The van der Waals surface area contributed by atoms with Crippen molar-refractivity contribution in [1.82, 2.24) is 0 Å². The Balaban J connectivity index is 2.09. The van der Waals surface area contributed by atoms with Crippen molar-refractivity contribution in [2.45, 2.75) is 44.2 Å². The molecule has 0 amide bonds. The van der Waals surface area contributed by atoms with Crippen molar-refractivity contribution in [3.8, 4) is 0 Å². The fourth-order valence-electron chi connectivity index (χ4n) is 2.31. The van der Waals surface area contributed by atoms with E-state index in [0.29, 0.717) is 0 Å². The SMILES string of the molecule is CC1(Nc2ccccc2)CCCCC1O. The Morgan fingerprint density at radius 3 is 2.67 bits per heavy atom. The van der Waals surface area contributed by atoms with Crippen LogP contribution in [0.1, 0.15) is 32.6 Å². The zero-order valence-electron chi connectivity index (χ0n) is 9.24. The van der Waals surface area contributed by atoms with Gasteiger partial charge in [-0.3, -0.25) is 0 Å². The van der Waals surface area contributed by atoms with Gasteiger partial charge in [0, 0.05) is 5.69 Å². The molecule has 2 N–H and O–H groups in total. The van der Waals surface area contributed by atoms with E-state index in [1.165, 1.54) is 6.42 Å². The molecule has 0 spiro atoms. The Kier molecular flexibility index (Phi) is 2.96. The molecule has 2 rings (SSSR count). The van der Waals surface area contributed by atoms with Gasteiger partial charge in [0.1, 0.15) is 0 Å². The smallest absolute Gasteiger partial charge is 0.0767 e. The van der Waals surface area contributed by atoms with E-state index in [0.717, 1.165) is 24.9 Å². The highest BCUT2D eigenvalue weighted by Crippen LogP contribution is 2.31. The molecule has 1 aliphatic carbocycles. The number of aliphatic hydroxyl groups is 1. The van der Waals surface area contributed by atoms with E-state index in [2.05, 4.69) is 12.2 Å². The van der Waals surface area contributed by atoms with Gasteiger partial charge in [-0.25, -0.2) is 0 Å². The van der Waals surface area contributed by atoms with Crippen molar-refractivity contribution in [2.75, 3.05) is 5.32 Å². The first-order valence-corrected chi connectivity index (χ1v) is 5.72. The predicted octanol–water partition coefficient (Wildman–Crippen LogP) is 2.79. The van der Waals surface area contributed by atoms with E-state index < -0.39 is 0 Å². The molecule has 1 aromatic carbocycles. The maximum atomic E-state index is 10.0. The maximum Gasteiger partial charge on any atom is 0.0767 e. The van der Waals surface area contributed by atoms with Crippen LogP contribution in [0.2, 0.25) is 0 Å². The lowest BCUT2D eigenvalue weighted by molar-refractivity contribution is 0.0685. The van der Waals surface area contributed by atoms with E-state index in [1.807, 2.05) is 30.3 Å². The first-order chi connectivity index (χ1) is 7.21. The maximum absolute atomic E-state index is 10.0. The van der Waals surface area contributed by atoms with Crippen LogP contribution in [0.15, 0.2) is 30.3 Å². The molecule has 2 heteroatoms. The van der Waals surface area contributed by atoms with Crippen LogP contribution in [0.25, 0.3) is 0 Å². The normalized spacial score (nSPS) is 31.2. The molecule has 1 fully saturated rings. The molecule has 0 bridgehead atoms. The fourth-order valence-corrected chi connectivity index (χ4v) is 2.31. The van der Waals surface area contributed by atoms with Crippen molar-refractivity contribution >= 4 is 5.69 Å². The fraction of sp³-hybridized carbons (Fsp3) is 0.538. The number of hydrogen-bond donors (Lipinski definition) is 2. The molecule has 2 atom stereocenters. The van der Waals surface area contributed by atoms with Crippen molar-refractivity contribution in [1.29, 1.82) is 0 Å². The Bertz CT molecular complexity index is 312. The highest BCUT2D eigenvalue weighted by molar-refractivity contribution is 5.45. The standard InChI is InChI=1S/C13H19NO/c1-13(10-6-5-9-12(13)15)14-11-7-3-2-4-8-11/h2-4,7-8,12,14-15H,5-6,9-10H2,1H3. The molecule has 0 saturated heterocycles. The Hall–Kier alpha value is -1.02. The Morgan fingerprint density at radius 2 is 2.00 bits per heavy atom. The molecule has 0 aromatic heterocycles. The van der Waals surface area contributed by atoms with Gasteiger partial charge >= 0.3 is 0 Å². The minimum Gasteiger partial charge on any atom is -0.391 e. The number of anilines is 1. The van der Waals surface area contributed by atoms with Gasteiger partial charge in [0.25, 0.3) is 0 Å². The zero-order chi connectivity index (χ0) is 10.7. The van der Waals surface area contributed by atoms with Gasteiger partial charge in [-0.2, -0.15) is 0 Å². The summed E-state index contributed by atoms with van der Waals surface area (Å²) in [4.78, 5) is 0. The van der Waals surface area contributed by atoms with E-state index in [1.54, 1.807) is 0 Å². The lowest BCUT2D eigenvalue weighted by Crippen LogP contribution is -2.48. The van der Waals surface area contributed by atoms with E-state index >= 15 is 0 Å². The second-order valence-electron chi connectivity index (χ2n) is 4.67. The van der Waals surface area contributed by atoms with Crippen LogP contribution in [0.4, 0.5) is 5.69 Å². The van der Waals surface area contributed by atoms with Crippen LogP contribution in [0.3, 0.4) is 0 Å². The molecule has 2 nitrogen and oxygen atoms in total. The van der Waals surface area contributed by atoms with Gasteiger partial charge in [-0.15, -0.1) is 0 Å². The van der Waals surface area contributed by atoms with Crippen molar-refractivity contribution in [2.24, 2.45) is 0 Å². The number of para-hydroxylation sites is 1. The Labute approximate surface area is 91.3 Å². The molecular weight excluding hydrogens is 186 g/mol. The summed E-state index contributed by atoms with van der Waals surface area (Å²) in [7, 11) is 0. The van der Waals surface area contributed by atoms with Gasteiger partial charge < -0.3 is 10.4 Å². The molecule has 1 saturated carbocycles. The molecule has 0 heterocycles. The topological polar surface area (TPSA) is 32.3 Å². The molecule has 15 heavy (non-hydrogen) atoms. The number of hydrogen-bond acceptors (Lipinski definition) is 2. The summed E-state index contributed by atoms with van der Waals surface area (Å²) >= 11 is 0. The van der Waals surface area contributed by atoms with Gasteiger partial charge in [0.2, 0.25) is 0 Å². The molecular formula is C13H19NO. The summed E-state index contributed by atoms with van der Waals surface area (Å²) in [6.45, 7) is 2.11. The third kappa shape index (κ3) is 2.32. The molecule has 0 aliphatic heterocycles. The third-order valence-electron chi connectivity index (χ3n) is 3.36. The summed E-state index contributed by atoms with van der Waals surface area (Å²) in [5.41, 5.74) is 0.945. The van der Waals surface area contributed by atoms with Crippen molar-refractivity contribution < 1.29 is 5.11 Å². The quantitative estimate of drug-likeness (QED) is 0.778. The van der Waals surface area contributed by atoms with Crippen LogP contribution >= 0.6 is 0 Å². The summed E-state index contributed by atoms with van der Waals surface area (Å²) in [6.07, 6.45) is 4.08. The highest BCUT2D eigenvalue weighted by Gasteiger charge is 2.34. The lowest BCUT2D eigenvalue weighted by Gasteiger charge is -2.40. The van der Waals surface area contributed by atoms with Crippen molar-refractivity contribution in [3.05, 3.63) is 30.3 Å². The van der Waals surface area contributed by atoms with E-state index in [9.17, 15) is 5.11 Å². The summed E-state index contributed by atoms with van der Waals surface area (Å²) in [6, 6.07) is 10.1. The molecule has 2 unspecified atom stereocenters. The first kappa shape index (κ1) is 10.5. The third-order valence-corrected chi connectivity index (χ3v) is 3.36. The van der Waals surface area contributed by atoms with Crippen LogP contribution in [0.5, 0.6) is 0 Å². The van der Waals surface area contributed by atoms with Gasteiger partial charge in [-0.1, -0.05) is 31.0 Å². The first-order valence-electron chi connectivity index (χ1n) is 5.72. The summed E-state index contributed by atoms with van der Waals surface area (Å²) < 4.78 is 0. The van der Waals surface area contributed by atoms with E-state index in [4.69, 9.17) is 0 Å². The molecule has 82 valence electrons. The highest BCUT2D eigenvalue weighted by atomic mass is 16.3. The van der Waals surface area contributed by atoms with Gasteiger partial charge in [0.05, 0.1) is 11.6 Å². The Morgan fingerprint density at radius 1 is 1.27 bits per heavy atom. The van der Waals surface area contributed by atoms with Crippen LogP contribution in [-0.4, -0.2) is 16.7 Å². The molecule has 1 aliphatic rings. The number of aliphatic hydroxyl groups excluding tert-OH is 1. The van der Waals surface area contributed by atoms with Crippen LogP contribution in [-0.2, 0) is 0 Å². The monoisotopic (exact) mass is 205 g/mol. The van der Waals surface area contributed by atoms with Crippen LogP contribution < -0.4 is 5.32 Å². The number of rotatable bonds is 2. The average molecular weight is 205 g/mol. The predicted molar refractivity (Wildman–Crippen MR) is 62.9 cm³/mol. The van der Waals surface area contributed by atoms with Crippen LogP contribution in [0, 0.1) is 0 Å². The second-order valence-corrected chi connectivity index (χ2v) is 4.67. The molecule has 1 aromatic rings. The minimum absolute atomic E-state index is 0.153. The largest absolute Gasteiger partial charge is 0.391 e. The summed E-state index contributed by atoms with van der Waals surface area (Å²) in [5, 5.41) is 13.5. The zero-order valence-corrected chi connectivity index (χ0v) is 9.24. The minimum atomic E-state index is -0.230. The lowest BCUT2D eigenvalue weighted by atomic mass is 9.80.